The van der Waals surface area contributed by atoms with Crippen LogP contribution >= 0.6 is 0 Å². The zero-order valence-corrected chi connectivity index (χ0v) is 51.9. The molecular formula is C73H124O6. The molecule has 6 nitrogen and oxygen atoms in total. The van der Waals surface area contributed by atoms with Crippen molar-refractivity contribution in [1.29, 1.82) is 0 Å². The van der Waals surface area contributed by atoms with Gasteiger partial charge in [-0.25, -0.2) is 0 Å². The van der Waals surface area contributed by atoms with Crippen molar-refractivity contribution in [1.82, 2.24) is 0 Å². The highest BCUT2D eigenvalue weighted by Gasteiger charge is 2.19. The molecule has 1 atom stereocenters. The topological polar surface area (TPSA) is 78.9 Å². The van der Waals surface area contributed by atoms with Crippen LogP contribution in [-0.4, -0.2) is 37.2 Å². The maximum absolute atomic E-state index is 12.8. The highest BCUT2D eigenvalue weighted by atomic mass is 16.6. The lowest BCUT2D eigenvalue weighted by Gasteiger charge is -2.18. The lowest BCUT2D eigenvalue weighted by Crippen LogP contribution is -2.30. The van der Waals surface area contributed by atoms with Gasteiger partial charge in [0.15, 0.2) is 6.10 Å². The number of unbranched alkanes of at least 4 members (excludes halogenated alkanes) is 32. The third-order valence-corrected chi connectivity index (χ3v) is 14.3. The first kappa shape index (κ1) is 75.1. The van der Waals surface area contributed by atoms with E-state index < -0.39 is 12.1 Å². The number of hydrogen-bond acceptors (Lipinski definition) is 6. The van der Waals surface area contributed by atoms with E-state index in [0.29, 0.717) is 12.8 Å². The molecule has 0 rings (SSSR count). The molecule has 6 heteroatoms. The molecule has 0 aliphatic rings. The quantitative estimate of drug-likeness (QED) is 0.0261. The van der Waals surface area contributed by atoms with E-state index in [1.165, 1.54) is 180 Å². The average molecular weight is 1100 g/mol. The third kappa shape index (κ3) is 64.8. The minimum atomic E-state index is -0.831. The molecule has 0 aromatic heterocycles. The van der Waals surface area contributed by atoms with E-state index in [-0.39, 0.29) is 31.6 Å². The lowest BCUT2D eigenvalue weighted by atomic mass is 10.0. The van der Waals surface area contributed by atoms with Gasteiger partial charge in [-0.1, -0.05) is 323 Å². The number of hydrogen-bond donors (Lipinski definition) is 0. The van der Waals surface area contributed by atoms with Crippen LogP contribution in [0, 0.1) is 0 Å². The summed E-state index contributed by atoms with van der Waals surface area (Å²) >= 11 is 0. The Morgan fingerprint density at radius 3 is 0.835 bits per heavy atom. The van der Waals surface area contributed by atoms with Crippen LogP contribution in [0.4, 0.5) is 0 Å². The van der Waals surface area contributed by atoms with Crippen LogP contribution in [-0.2, 0) is 28.6 Å². The monoisotopic (exact) mass is 1100 g/mol. The van der Waals surface area contributed by atoms with E-state index in [2.05, 4.69) is 118 Å². The summed E-state index contributed by atoms with van der Waals surface area (Å²) in [6.45, 7) is 6.36. The molecule has 0 radical (unpaired) electrons. The number of carbonyl (C=O) groups is 3. The van der Waals surface area contributed by atoms with Crippen LogP contribution in [0.15, 0.2) is 109 Å². The highest BCUT2D eigenvalue weighted by molar-refractivity contribution is 5.72. The number of carbonyl (C=O) groups excluding carboxylic acids is 3. The predicted octanol–water partition coefficient (Wildman–Crippen LogP) is 23.0. The van der Waals surface area contributed by atoms with Gasteiger partial charge in [0.1, 0.15) is 13.2 Å². The summed E-state index contributed by atoms with van der Waals surface area (Å²) in [4.78, 5) is 38.2. The third-order valence-electron chi connectivity index (χ3n) is 14.3. The molecule has 0 N–H and O–H groups in total. The standard InChI is InChI=1S/C73H124O6/c1-4-7-10-13-16-19-22-25-28-29-30-31-32-33-34-35-36-37-38-39-40-41-42-43-46-48-51-54-57-60-63-66-72(75)78-69-70(79-73(76)67-64-61-58-55-52-49-45-27-24-21-18-15-12-9-6-3)68-77-71(74)65-62-59-56-53-50-47-44-26-23-20-17-14-11-8-5-2/h7,9-10,12,16,18-19,21,25,27-28,30-31,45,52,55,61,64,70H,4-6,8,11,13-15,17,20,22-24,26,29,32-44,46-51,53-54,56-60,62-63,65-69H2,1-3H3/b10-7-,12-9-,19-16-,21-18-,28-25-,31-30-,45-27-,55-52-,64-61-. The molecule has 0 aromatic rings. The molecule has 0 saturated heterocycles. The van der Waals surface area contributed by atoms with Crippen LogP contribution in [0.3, 0.4) is 0 Å². The number of esters is 3. The van der Waals surface area contributed by atoms with Gasteiger partial charge in [-0.3, -0.25) is 14.4 Å². The van der Waals surface area contributed by atoms with Crippen LogP contribution in [0.5, 0.6) is 0 Å². The van der Waals surface area contributed by atoms with Crippen molar-refractivity contribution >= 4 is 17.9 Å². The van der Waals surface area contributed by atoms with Crippen LogP contribution in [0.1, 0.15) is 316 Å². The van der Waals surface area contributed by atoms with E-state index in [9.17, 15) is 14.4 Å². The Bertz CT molecular complexity index is 1590. The summed E-state index contributed by atoms with van der Waals surface area (Å²) in [5.41, 5.74) is 0. The molecule has 0 bridgehead atoms. The second-order valence-electron chi connectivity index (χ2n) is 22.0. The Balaban J connectivity index is 4.25. The fourth-order valence-electron chi connectivity index (χ4n) is 9.39. The molecular weight excluding hydrogens is 973 g/mol. The minimum Gasteiger partial charge on any atom is -0.462 e. The maximum Gasteiger partial charge on any atom is 0.310 e. The predicted molar refractivity (Wildman–Crippen MR) is 343 cm³/mol. The van der Waals surface area contributed by atoms with Gasteiger partial charge in [0.05, 0.1) is 6.42 Å². The normalized spacial score (nSPS) is 12.8. The van der Waals surface area contributed by atoms with Gasteiger partial charge in [-0.05, 0) is 83.5 Å². The molecule has 0 spiro atoms. The van der Waals surface area contributed by atoms with Crippen LogP contribution in [0.2, 0.25) is 0 Å². The van der Waals surface area contributed by atoms with E-state index in [1.807, 2.05) is 6.08 Å². The first-order chi connectivity index (χ1) is 39.0. The molecule has 0 fully saturated rings. The summed E-state index contributed by atoms with van der Waals surface area (Å²) in [7, 11) is 0. The zero-order chi connectivity index (χ0) is 57.1. The summed E-state index contributed by atoms with van der Waals surface area (Å²) in [5, 5.41) is 0. The Morgan fingerprint density at radius 2 is 0.532 bits per heavy atom. The minimum absolute atomic E-state index is 0.0981. The molecule has 0 aliphatic carbocycles. The van der Waals surface area contributed by atoms with Gasteiger partial charge in [-0.15, -0.1) is 0 Å². The van der Waals surface area contributed by atoms with Gasteiger partial charge < -0.3 is 14.2 Å². The molecule has 0 aromatic carbocycles. The molecule has 0 aliphatic heterocycles. The smallest absolute Gasteiger partial charge is 0.310 e. The van der Waals surface area contributed by atoms with Gasteiger partial charge in [0.25, 0.3) is 0 Å². The summed E-state index contributed by atoms with van der Waals surface area (Å²) in [6, 6.07) is 0. The fraction of sp³-hybridized carbons (Fsp3) is 0.712. The Morgan fingerprint density at radius 1 is 0.278 bits per heavy atom. The molecule has 0 heterocycles. The molecule has 1 unspecified atom stereocenters. The van der Waals surface area contributed by atoms with E-state index in [4.69, 9.17) is 14.2 Å². The molecule has 452 valence electrons. The van der Waals surface area contributed by atoms with Crippen molar-refractivity contribution in [2.45, 2.75) is 322 Å². The first-order valence-electron chi connectivity index (χ1n) is 33.4. The van der Waals surface area contributed by atoms with Crippen molar-refractivity contribution in [2.24, 2.45) is 0 Å². The summed E-state index contributed by atoms with van der Waals surface area (Å²) < 4.78 is 16.8. The van der Waals surface area contributed by atoms with Crippen molar-refractivity contribution in [3.05, 3.63) is 109 Å². The second-order valence-corrected chi connectivity index (χ2v) is 22.0. The van der Waals surface area contributed by atoms with Crippen LogP contribution in [0.25, 0.3) is 0 Å². The zero-order valence-electron chi connectivity index (χ0n) is 51.9. The number of ether oxygens (including phenoxy) is 3. The Labute approximate surface area is 489 Å². The summed E-state index contributed by atoms with van der Waals surface area (Å²) in [5.74, 6) is -1.03. The number of allylic oxidation sites excluding steroid dienone is 17. The van der Waals surface area contributed by atoms with E-state index >= 15 is 0 Å². The fourth-order valence-corrected chi connectivity index (χ4v) is 9.39. The Kier molecular flexibility index (Phi) is 63.3. The van der Waals surface area contributed by atoms with Crippen molar-refractivity contribution in [3.8, 4) is 0 Å². The van der Waals surface area contributed by atoms with Crippen LogP contribution < -0.4 is 0 Å². The van der Waals surface area contributed by atoms with Gasteiger partial charge in [0, 0.05) is 12.8 Å². The van der Waals surface area contributed by atoms with E-state index in [1.54, 1.807) is 6.08 Å². The van der Waals surface area contributed by atoms with Crippen molar-refractivity contribution in [2.75, 3.05) is 13.2 Å². The molecule has 0 saturated carbocycles. The van der Waals surface area contributed by atoms with Gasteiger partial charge in [-0.2, -0.15) is 0 Å². The largest absolute Gasteiger partial charge is 0.462 e. The summed E-state index contributed by atoms with van der Waals surface area (Å²) in [6.07, 6.45) is 91.4. The van der Waals surface area contributed by atoms with Crippen molar-refractivity contribution in [3.63, 3.8) is 0 Å². The first-order valence-corrected chi connectivity index (χ1v) is 33.4. The Hall–Kier alpha value is -3.93. The highest BCUT2D eigenvalue weighted by Crippen LogP contribution is 2.17. The maximum atomic E-state index is 12.8. The number of rotatable bonds is 60. The average Bonchev–Trinajstić information content (AvgIpc) is 3.45. The second kappa shape index (κ2) is 66.6. The SMILES string of the molecule is CC/C=C\C/C=C\C/C=C\C/C=C\C/C=C\CC(=O)OC(COC(=O)CCCCCCCCCCCCCCCCC)COC(=O)CCCCCCCCCCCCCCCCCCCC/C=C\C/C=C\C/C=C\C/C=C\CC. The van der Waals surface area contributed by atoms with Gasteiger partial charge >= 0.3 is 17.9 Å². The molecule has 0 amide bonds. The van der Waals surface area contributed by atoms with E-state index in [0.717, 1.165) is 96.3 Å². The lowest BCUT2D eigenvalue weighted by molar-refractivity contribution is -0.166. The molecule has 79 heavy (non-hydrogen) atoms. The van der Waals surface area contributed by atoms with Crippen molar-refractivity contribution < 1.29 is 28.6 Å². The van der Waals surface area contributed by atoms with Gasteiger partial charge in [0.2, 0.25) is 0 Å².